The van der Waals surface area contributed by atoms with E-state index in [4.69, 9.17) is 0 Å². The van der Waals surface area contributed by atoms with Gasteiger partial charge in [0.2, 0.25) is 0 Å². The number of benzene rings is 1. The number of piperidine rings is 1. The van der Waals surface area contributed by atoms with Gasteiger partial charge in [0.1, 0.15) is 0 Å². The number of likely N-dealkylation sites (tertiary alicyclic amines) is 1. The van der Waals surface area contributed by atoms with Crippen LogP contribution in [0.25, 0.3) is 0 Å². The standard InChI is InChI=1S/C15H20BrNO/c1-3-12-6-8-17(9-7-12)15(18)13-10-11(2)4-5-14(13)16/h4-5,10,12H,3,6-9H2,1-2H3. The van der Waals surface area contributed by atoms with Crippen LogP contribution in [-0.4, -0.2) is 23.9 Å². The van der Waals surface area contributed by atoms with Gasteiger partial charge in [0, 0.05) is 17.6 Å². The molecule has 0 unspecified atom stereocenters. The molecule has 0 aromatic heterocycles. The molecule has 2 rings (SSSR count). The average molecular weight is 310 g/mol. The normalized spacial score (nSPS) is 16.9. The number of nitrogens with zero attached hydrogens (tertiary/aromatic N) is 1. The van der Waals surface area contributed by atoms with E-state index in [2.05, 4.69) is 22.9 Å². The Kier molecular flexibility index (Phi) is 4.44. The summed E-state index contributed by atoms with van der Waals surface area (Å²) < 4.78 is 0.899. The predicted molar refractivity (Wildman–Crippen MR) is 77.8 cm³/mol. The van der Waals surface area contributed by atoms with Crippen LogP contribution in [0.2, 0.25) is 0 Å². The zero-order valence-corrected chi connectivity index (χ0v) is 12.7. The van der Waals surface area contributed by atoms with Gasteiger partial charge in [-0.2, -0.15) is 0 Å². The average Bonchev–Trinajstić information content (AvgIpc) is 2.41. The van der Waals surface area contributed by atoms with Crippen molar-refractivity contribution in [1.82, 2.24) is 4.90 Å². The third kappa shape index (κ3) is 2.94. The van der Waals surface area contributed by atoms with Crippen molar-refractivity contribution in [1.29, 1.82) is 0 Å². The second-order valence-electron chi connectivity index (χ2n) is 5.13. The SMILES string of the molecule is CCC1CCN(C(=O)c2cc(C)ccc2Br)CC1. The molecule has 0 N–H and O–H groups in total. The summed E-state index contributed by atoms with van der Waals surface area (Å²) in [6, 6.07) is 5.95. The molecule has 3 heteroatoms. The molecule has 0 atom stereocenters. The topological polar surface area (TPSA) is 20.3 Å². The fraction of sp³-hybridized carbons (Fsp3) is 0.533. The monoisotopic (exact) mass is 309 g/mol. The van der Waals surface area contributed by atoms with Crippen LogP contribution in [0.4, 0.5) is 0 Å². The van der Waals surface area contributed by atoms with Crippen molar-refractivity contribution < 1.29 is 4.79 Å². The Bertz CT molecular complexity index is 436. The Labute approximate surface area is 117 Å². The molecule has 0 bridgehead atoms. The molecular weight excluding hydrogens is 290 g/mol. The van der Waals surface area contributed by atoms with Gasteiger partial charge in [0.05, 0.1) is 5.56 Å². The summed E-state index contributed by atoms with van der Waals surface area (Å²) in [6.45, 7) is 6.06. The Morgan fingerprint density at radius 3 is 2.67 bits per heavy atom. The molecule has 1 aliphatic heterocycles. The van der Waals surface area contributed by atoms with Gasteiger partial charge in [0.25, 0.3) is 5.91 Å². The van der Waals surface area contributed by atoms with Crippen molar-refractivity contribution in [2.45, 2.75) is 33.1 Å². The summed E-state index contributed by atoms with van der Waals surface area (Å²) in [6.07, 6.45) is 3.52. The van der Waals surface area contributed by atoms with Crippen LogP contribution < -0.4 is 0 Å². The largest absolute Gasteiger partial charge is 0.339 e. The van der Waals surface area contributed by atoms with Crippen LogP contribution in [0.3, 0.4) is 0 Å². The Morgan fingerprint density at radius 2 is 2.06 bits per heavy atom. The molecule has 1 aliphatic rings. The molecule has 18 heavy (non-hydrogen) atoms. The van der Waals surface area contributed by atoms with E-state index >= 15 is 0 Å². The number of carbonyl (C=O) groups is 1. The van der Waals surface area contributed by atoms with Gasteiger partial charge >= 0.3 is 0 Å². The second kappa shape index (κ2) is 5.87. The molecule has 1 fully saturated rings. The fourth-order valence-corrected chi connectivity index (χ4v) is 2.93. The number of halogens is 1. The maximum Gasteiger partial charge on any atom is 0.255 e. The first-order valence-electron chi connectivity index (χ1n) is 6.67. The van der Waals surface area contributed by atoms with Crippen molar-refractivity contribution in [3.63, 3.8) is 0 Å². The van der Waals surface area contributed by atoms with Crippen LogP contribution in [0.15, 0.2) is 22.7 Å². The molecule has 98 valence electrons. The van der Waals surface area contributed by atoms with Gasteiger partial charge in [-0.3, -0.25) is 4.79 Å². The van der Waals surface area contributed by atoms with Gasteiger partial charge in [0.15, 0.2) is 0 Å². The lowest BCUT2D eigenvalue weighted by Crippen LogP contribution is -2.38. The molecule has 1 aromatic rings. The zero-order chi connectivity index (χ0) is 13.1. The number of carbonyl (C=O) groups excluding carboxylic acids is 1. The van der Waals surface area contributed by atoms with E-state index in [1.54, 1.807) is 0 Å². The summed E-state index contributed by atoms with van der Waals surface area (Å²) in [5.41, 5.74) is 1.93. The number of hydrogen-bond acceptors (Lipinski definition) is 1. The van der Waals surface area contributed by atoms with Gasteiger partial charge in [-0.05, 0) is 53.7 Å². The van der Waals surface area contributed by atoms with Crippen LogP contribution in [0.1, 0.15) is 42.1 Å². The summed E-state index contributed by atoms with van der Waals surface area (Å²) in [4.78, 5) is 14.5. The molecule has 2 nitrogen and oxygen atoms in total. The number of aryl methyl sites for hydroxylation is 1. The van der Waals surface area contributed by atoms with Gasteiger partial charge < -0.3 is 4.90 Å². The molecule has 1 aromatic carbocycles. The maximum atomic E-state index is 12.5. The minimum Gasteiger partial charge on any atom is -0.339 e. The fourth-order valence-electron chi connectivity index (χ4n) is 2.52. The first-order chi connectivity index (χ1) is 8.61. The number of amides is 1. The molecule has 0 radical (unpaired) electrons. The summed E-state index contributed by atoms with van der Waals surface area (Å²) in [7, 11) is 0. The molecule has 1 heterocycles. The molecular formula is C15H20BrNO. The van der Waals surface area contributed by atoms with Gasteiger partial charge in [-0.25, -0.2) is 0 Å². The van der Waals surface area contributed by atoms with Crippen LogP contribution in [0, 0.1) is 12.8 Å². The summed E-state index contributed by atoms with van der Waals surface area (Å²) >= 11 is 3.48. The third-order valence-corrected chi connectivity index (χ3v) is 4.52. The van der Waals surface area contributed by atoms with E-state index in [0.717, 1.165) is 47.4 Å². The minimum absolute atomic E-state index is 0.167. The lowest BCUT2D eigenvalue weighted by Gasteiger charge is -2.31. The van der Waals surface area contributed by atoms with Gasteiger partial charge in [-0.1, -0.05) is 25.0 Å². The van der Waals surface area contributed by atoms with Crippen LogP contribution >= 0.6 is 15.9 Å². The van der Waals surface area contributed by atoms with E-state index in [1.165, 1.54) is 6.42 Å². The van der Waals surface area contributed by atoms with Crippen LogP contribution in [0.5, 0.6) is 0 Å². The predicted octanol–water partition coefficient (Wildman–Crippen LogP) is 4.02. The van der Waals surface area contributed by atoms with Crippen molar-refractivity contribution in [3.8, 4) is 0 Å². The highest BCUT2D eigenvalue weighted by Crippen LogP contribution is 2.24. The maximum absolute atomic E-state index is 12.5. The summed E-state index contributed by atoms with van der Waals surface area (Å²) in [5.74, 6) is 0.968. The first kappa shape index (κ1) is 13.6. The van der Waals surface area contributed by atoms with Crippen LogP contribution in [-0.2, 0) is 0 Å². The van der Waals surface area contributed by atoms with Gasteiger partial charge in [-0.15, -0.1) is 0 Å². The van der Waals surface area contributed by atoms with E-state index in [9.17, 15) is 4.79 Å². The molecule has 1 amide bonds. The summed E-state index contributed by atoms with van der Waals surface area (Å²) in [5, 5.41) is 0. The number of hydrogen-bond donors (Lipinski definition) is 0. The lowest BCUT2D eigenvalue weighted by atomic mass is 9.94. The lowest BCUT2D eigenvalue weighted by molar-refractivity contribution is 0.0688. The Hall–Kier alpha value is -0.830. The smallest absolute Gasteiger partial charge is 0.255 e. The van der Waals surface area contributed by atoms with E-state index in [-0.39, 0.29) is 5.91 Å². The van der Waals surface area contributed by atoms with Crippen molar-refractivity contribution in [2.24, 2.45) is 5.92 Å². The second-order valence-corrected chi connectivity index (χ2v) is 5.98. The molecule has 0 saturated carbocycles. The molecule has 0 spiro atoms. The molecule has 0 aliphatic carbocycles. The van der Waals surface area contributed by atoms with E-state index in [0.29, 0.717) is 0 Å². The minimum atomic E-state index is 0.167. The molecule has 1 saturated heterocycles. The Balaban J connectivity index is 2.10. The van der Waals surface area contributed by atoms with Crippen molar-refractivity contribution in [2.75, 3.05) is 13.1 Å². The Morgan fingerprint density at radius 1 is 1.39 bits per heavy atom. The highest BCUT2D eigenvalue weighted by atomic mass is 79.9. The number of rotatable bonds is 2. The highest BCUT2D eigenvalue weighted by Gasteiger charge is 2.23. The zero-order valence-electron chi connectivity index (χ0n) is 11.1. The first-order valence-corrected chi connectivity index (χ1v) is 7.46. The van der Waals surface area contributed by atoms with E-state index < -0.39 is 0 Å². The third-order valence-electron chi connectivity index (χ3n) is 3.83. The highest BCUT2D eigenvalue weighted by molar-refractivity contribution is 9.10. The van der Waals surface area contributed by atoms with E-state index in [1.807, 2.05) is 30.0 Å². The van der Waals surface area contributed by atoms with Crippen molar-refractivity contribution in [3.05, 3.63) is 33.8 Å². The quantitative estimate of drug-likeness (QED) is 0.808. The van der Waals surface area contributed by atoms with Crippen molar-refractivity contribution >= 4 is 21.8 Å².